The van der Waals surface area contributed by atoms with Crippen LogP contribution in [0.15, 0.2) is 494 Å². The molecular formula is C126H80N8O2. The first-order valence-corrected chi connectivity index (χ1v) is 45.8. The van der Waals surface area contributed by atoms with E-state index in [2.05, 4.69) is 422 Å². The van der Waals surface area contributed by atoms with Gasteiger partial charge in [0.05, 0.1) is 22.1 Å². The second-order valence-corrected chi connectivity index (χ2v) is 34.3. The summed E-state index contributed by atoms with van der Waals surface area (Å²) >= 11 is 0. The summed E-state index contributed by atoms with van der Waals surface area (Å²) in [7, 11) is 0. The fourth-order valence-electron chi connectivity index (χ4n) is 19.7. The second kappa shape index (κ2) is 34.2. The number of aromatic nitrogens is 8. The number of para-hydroxylation sites is 4. The SMILES string of the molecule is c1ccc(-c2cc(-c3ccccc3)cc(-c3ccc(-c4ccc5oc6ccc7c(c8ccccc8n7-c7ccccc7)c6c5c4)c(-c4nc(-c5ccccc5)nc(-c5ccccc5)n4)c3)c2)cc1.c1ccc(-c2cc(-c3ccccc3)cc(-c3ccc(-c4cccc5oc6ccc7c(c8ccccc8n7-c7ccccc7)c6c45)c(-c4nc(-c5ccccc5)nc(-c5ccccc5)n4)c3)c2)cc1. The Morgan fingerprint density at radius 1 is 0.140 bits per heavy atom. The first-order valence-electron chi connectivity index (χ1n) is 45.8. The van der Waals surface area contributed by atoms with Crippen LogP contribution in [0.3, 0.4) is 0 Å². The van der Waals surface area contributed by atoms with E-state index in [9.17, 15) is 0 Å². The van der Waals surface area contributed by atoms with Crippen molar-refractivity contribution in [2.24, 2.45) is 0 Å². The fraction of sp³-hybridized carbons (Fsp3) is 0. The summed E-state index contributed by atoms with van der Waals surface area (Å²) in [4.78, 5) is 31.5. The molecule has 0 radical (unpaired) electrons. The predicted molar refractivity (Wildman–Crippen MR) is 559 cm³/mol. The highest BCUT2D eigenvalue weighted by Crippen LogP contribution is 2.50. The molecule has 136 heavy (non-hydrogen) atoms. The largest absolute Gasteiger partial charge is 0.456 e. The van der Waals surface area contributed by atoms with Crippen LogP contribution in [0.25, 0.3) is 256 Å². The minimum absolute atomic E-state index is 0.577. The highest BCUT2D eigenvalue weighted by atomic mass is 16.3. The minimum Gasteiger partial charge on any atom is -0.456 e. The van der Waals surface area contributed by atoms with E-state index in [0.29, 0.717) is 34.9 Å². The summed E-state index contributed by atoms with van der Waals surface area (Å²) in [5.41, 5.74) is 33.0. The van der Waals surface area contributed by atoms with Crippen molar-refractivity contribution in [1.29, 1.82) is 0 Å². The molecule has 10 nitrogen and oxygen atoms in total. The van der Waals surface area contributed by atoms with Crippen LogP contribution in [-0.2, 0) is 0 Å². The Morgan fingerprint density at radius 2 is 0.441 bits per heavy atom. The number of hydrogen-bond acceptors (Lipinski definition) is 8. The van der Waals surface area contributed by atoms with Gasteiger partial charge >= 0.3 is 0 Å². The lowest BCUT2D eigenvalue weighted by atomic mass is 9.89. The van der Waals surface area contributed by atoms with Gasteiger partial charge in [-0.15, -0.1) is 0 Å². The highest BCUT2D eigenvalue weighted by Gasteiger charge is 2.28. The first-order chi connectivity index (χ1) is 67.4. The topological polar surface area (TPSA) is 113 Å². The summed E-state index contributed by atoms with van der Waals surface area (Å²) in [5.74, 6) is 3.58. The van der Waals surface area contributed by atoms with Crippen molar-refractivity contribution >= 4 is 87.5 Å². The lowest BCUT2D eigenvalue weighted by Gasteiger charge is -2.16. The molecule has 20 aromatic carbocycles. The predicted octanol–water partition coefficient (Wildman–Crippen LogP) is 33.1. The molecule has 0 atom stereocenters. The third-order valence-electron chi connectivity index (χ3n) is 26.1. The summed E-state index contributed by atoms with van der Waals surface area (Å²) in [6, 6.07) is 170. The number of rotatable bonds is 16. The Balaban J connectivity index is 0.000000145. The van der Waals surface area contributed by atoms with Gasteiger partial charge in [-0.3, -0.25) is 0 Å². The molecule has 0 amide bonds. The average Bonchev–Trinajstić information content (AvgIpc) is 1.56. The molecule has 6 heterocycles. The maximum Gasteiger partial charge on any atom is 0.164 e. The monoisotopic (exact) mass is 1740 g/mol. The maximum absolute atomic E-state index is 6.84. The van der Waals surface area contributed by atoms with Crippen LogP contribution in [0.5, 0.6) is 0 Å². The molecule has 0 bridgehead atoms. The van der Waals surface area contributed by atoms with Crippen molar-refractivity contribution < 1.29 is 8.83 Å². The van der Waals surface area contributed by atoms with E-state index in [1.165, 1.54) is 10.8 Å². The standard InChI is InChI=1S/2C63H40N4O/c1-6-19-41(20-7-1)46-37-47(42-21-8-2-9-22-42)39-48(38-46)45-33-34-50(53(40-45)63-65-61(43-23-10-3-11-24-43)64-62(66-63)44-25-12-4-13-26-44)51-30-18-32-56-59(51)60-57(68-56)36-35-55-58(60)52-29-16-17-31-54(52)67(55)49-27-14-5-15-28-49;1-6-18-41(19-7-1)47-36-48(42-20-8-2-9-21-42)38-49(37-47)45-30-32-51(53(39-45)63-65-61(43-22-10-3-11-23-43)64-62(66-63)44-24-12-4-13-25-44)46-31-34-57-54(40-46)60-58(68-57)35-33-56-59(60)52-28-16-17-29-55(52)67(56)50-26-14-5-15-27-50/h2*1-40H. The van der Waals surface area contributed by atoms with Gasteiger partial charge in [0.1, 0.15) is 22.3 Å². The molecule has 0 aliphatic heterocycles. The zero-order valence-electron chi connectivity index (χ0n) is 73.6. The van der Waals surface area contributed by atoms with Crippen molar-refractivity contribution in [3.8, 4) is 169 Å². The summed E-state index contributed by atoms with van der Waals surface area (Å²) in [5, 5.41) is 8.90. The molecule has 0 spiro atoms. The Morgan fingerprint density at radius 3 is 0.846 bits per heavy atom. The second-order valence-electron chi connectivity index (χ2n) is 34.3. The third kappa shape index (κ3) is 14.6. The van der Waals surface area contributed by atoms with Gasteiger partial charge < -0.3 is 18.0 Å². The fourth-order valence-corrected chi connectivity index (χ4v) is 19.7. The quantitative estimate of drug-likeness (QED) is 0.0940. The number of benzene rings is 20. The summed E-state index contributed by atoms with van der Waals surface area (Å²) < 4.78 is 18.2. The Hall–Kier alpha value is -18.4. The summed E-state index contributed by atoms with van der Waals surface area (Å²) in [6.45, 7) is 0. The Bertz CT molecular complexity index is 8810. The number of hydrogen-bond donors (Lipinski definition) is 0. The van der Waals surface area contributed by atoms with Crippen LogP contribution in [0.2, 0.25) is 0 Å². The summed E-state index contributed by atoms with van der Waals surface area (Å²) in [6.07, 6.45) is 0. The van der Waals surface area contributed by atoms with Gasteiger partial charge in [-0.2, -0.15) is 0 Å². The molecule has 0 unspecified atom stereocenters. The van der Waals surface area contributed by atoms with E-state index in [1.54, 1.807) is 0 Å². The minimum atomic E-state index is 0.577. The smallest absolute Gasteiger partial charge is 0.164 e. The maximum atomic E-state index is 6.84. The van der Waals surface area contributed by atoms with Crippen LogP contribution < -0.4 is 0 Å². The van der Waals surface area contributed by atoms with Gasteiger partial charge in [0.2, 0.25) is 0 Å². The van der Waals surface area contributed by atoms with Crippen LogP contribution in [0, 0.1) is 0 Å². The van der Waals surface area contributed by atoms with Gasteiger partial charge in [-0.25, -0.2) is 29.9 Å². The zero-order valence-corrected chi connectivity index (χ0v) is 73.6. The molecule has 0 aliphatic rings. The van der Waals surface area contributed by atoms with Crippen molar-refractivity contribution in [1.82, 2.24) is 39.0 Å². The van der Waals surface area contributed by atoms with Crippen molar-refractivity contribution in [3.05, 3.63) is 485 Å². The lowest BCUT2D eigenvalue weighted by Crippen LogP contribution is -2.01. The van der Waals surface area contributed by atoms with E-state index >= 15 is 0 Å². The lowest BCUT2D eigenvalue weighted by molar-refractivity contribution is 0.669. The molecule has 6 aromatic heterocycles. The molecule has 26 rings (SSSR count). The molecular weight excluding hydrogens is 1660 g/mol. The molecule has 636 valence electrons. The van der Waals surface area contributed by atoms with E-state index in [1.807, 2.05) is 72.8 Å². The average molecular weight is 1740 g/mol. The highest BCUT2D eigenvalue weighted by molar-refractivity contribution is 6.31. The van der Waals surface area contributed by atoms with Crippen molar-refractivity contribution in [3.63, 3.8) is 0 Å². The Labute approximate surface area is 784 Å². The molecule has 10 heteroatoms. The van der Waals surface area contributed by atoms with E-state index in [0.717, 1.165) is 210 Å². The van der Waals surface area contributed by atoms with E-state index in [4.69, 9.17) is 38.7 Å². The number of furan rings is 2. The van der Waals surface area contributed by atoms with Crippen molar-refractivity contribution in [2.75, 3.05) is 0 Å². The number of nitrogens with zero attached hydrogens (tertiary/aromatic N) is 8. The van der Waals surface area contributed by atoms with Gasteiger partial charge in [0.15, 0.2) is 34.9 Å². The third-order valence-corrected chi connectivity index (χ3v) is 26.1. The van der Waals surface area contributed by atoms with Crippen LogP contribution in [0.1, 0.15) is 0 Å². The van der Waals surface area contributed by atoms with Crippen molar-refractivity contribution in [2.45, 2.75) is 0 Å². The van der Waals surface area contributed by atoms with Gasteiger partial charge in [0.25, 0.3) is 0 Å². The van der Waals surface area contributed by atoms with E-state index < -0.39 is 0 Å². The number of fused-ring (bicyclic) bond motifs is 14. The van der Waals surface area contributed by atoms with E-state index in [-0.39, 0.29) is 0 Å². The molecule has 0 aliphatic carbocycles. The first kappa shape index (κ1) is 79.8. The van der Waals surface area contributed by atoms with Gasteiger partial charge in [-0.1, -0.05) is 358 Å². The molecule has 26 aromatic rings. The Kier molecular flexibility index (Phi) is 20.0. The van der Waals surface area contributed by atoms with Gasteiger partial charge in [0, 0.05) is 87.8 Å². The zero-order chi connectivity index (χ0) is 89.9. The van der Waals surface area contributed by atoms with Crippen LogP contribution in [-0.4, -0.2) is 39.0 Å². The normalized spacial score (nSPS) is 11.5. The molecule has 0 fully saturated rings. The molecule has 0 saturated heterocycles. The van der Waals surface area contributed by atoms with Crippen LogP contribution in [0.4, 0.5) is 0 Å². The molecule has 0 saturated carbocycles. The van der Waals surface area contributed by atoms with Gasteiger partial charge in [-0.05, 0) is 216 Å². The molecule has 0 N–H and O–H groups in total. The van der Waals surface area contributed by atoms with Crippen LogP contribution >= 0.6 is 0 Å².